The van der Waals surface area contributed by atoms with Gasteiger partial charge < -0.3 is 10.4 Å². The van der Waals surface area contributed by atoms with Gasteiger partial charge in [0.2, 0.25) is 15.9 Å². The van der Waals surface area contributed by atoms with Crippen molar-refractivity contribution in [3.63, 3.8) is 0 Å². The normalized spacial score (nSPS) is 16.8. The van der Waals surface area contributed by atoms with Gasteiger partial charge in [-0.25, -0.2) is 8.42 Å². The molecule has 0 aromatic heterocycles. The first-order valence-electron chi connectivity index (χ1n) is 6.40. The Morgan fingerprint density at radius 3 is 2.14 bits per heavy atom. The average molecular weight is 312 g/mol. The maximum atomic E-state index is 12.2. The number of carboxylic acids is 1. The maximum Gasteiger partial charge on any atom is 0.324 e. The van der Waals surface area contributed by atoms with E-state index in [1.165, 1.54) is 31.2 Å². The number of hydrogen-bond donors (Lipinski definition) is 3. The van der Waals surface area contributed by atoms with Gasteiger partial charge in [-0.3, -0.25) is 9.59 Å². The maximum absolute atomic E-state index is 12.2. The second-order valence-corrected chi connectivity index (χ2v) is 6.73. The fourth-order valence-electron chi connectivity index (χ4n) is 2.13. The van der Waals surface area contributed by atoms with E-state index in [1.807, 2.05) is 0 Å². The third-order valence-electron chi connectivity index (χ3n) is 3.43. The summed E-state index contributed by atoms with van der Waals surface area (Å²) in [5, 5.41) is 11.7. The van der Waals surface area contributed by atoms with E-state index >= 15 is 0 Å². The molecule has 1 aromatic carbocycles. The van der Waals surface area contributed by atoms with Crippen LogP contribution in [0.1, 0.15) is 26.2 Å². The van der Waals surface area contributed by atoms with E-state index < -0.39 is 21.5 Å². The van der Waals surface area contributed by atoms with Gasteiger partial charge in [-0.2, -0.15) is 4.72 Å². The zero-order valence-electron chi connectivity index (χ0n) is 11.4. The predicted molar refractivity (Wildman–Crippen MR) is 75.3 cm³/mol. The molecule has 2 rings (SSSR count). The molecule has 114 valence electrons. The van der Waals surface area contributed by atoms with Crippen LogP contribution in [0.4, 0.5) is 5.69 Å². The predicted octanol–water partition coefficient (Wildman–Crippen LogP) is 0.931. The number of carbonyl (C=O) groups excluding carboxylic acids is 1. The topological polar surface area (TPSA) is 113 Å². The SMILES string of the molecule is CC(=O)Nc1ccc(S(=O)(=O)NC2(C(=O)O)CCC2)cc1. The van der Waals surface area contributed by atoms with E-state index in [-0.39, 0.29) is 23.6 Å². The van der Waals surface area contributed by atoms with Crippen LogP contribution in [-0.2, 0) is 19.6 Å². The highest BCUT2D eigenvalue weighted by Gasteiger charge is 2.47. The van der Waals surface area contributed by atoms with Crippen LogP contribution in [0, 0.1) is 0 Å². The molecule has 1 aliphatic carbocycles. The number of anilines is 1. The Morgan fingerprint density at radius 1 is 1.19 bits per heavy atom. The number of nitrogens with one attached hydrogen (secondary N) is 2. The number of carboxylic acid groups (broad SMARTS) is 1. The Bertz CT molecular complexity index is 662. The summed E-state index contributed by atoms with van der Waals surface area (Å²) < 4.78 is 26.7. The molecule has 1 aliphatic rings. The van der Waals surface area contributed by atoms with E-state index in [9.17, 15) is 18.0 Å². The molecule has 0 bridgehead atoms. The van der Waals surface area contributed by atoms with Gasteiger partial charge in [0, 0.05) is 12.6 Å². The summed E-state index contributed by atoms with van der Waals surface area (Å²) in [5.74, 6) is -1.42. The molecule has 1 amide bonds. The summed E-state index contributed by atoms with van der Waals surface area (Å²) in [6, 6.07) is 5.54. The first-order valence-corrected chi connectivity index (χ1v) is 7.89. The molecular weight excluding hydrogens is 296 g/mol. The van der Waals surface area contributed by atoms with Crippen molar-refractivity contribution in [2.45, 2.75) is 36.6 Å². The molecule has 0 saturated heterocycles. The van der Waals surface area contributed by atoms with Gasteiger partial charge in [0.05, 0.1) is 4.90 Å². The van der Waals surface area contributed by atoms with Crippen LogP contribution < -0.4 is 10.0 Å². The molecule has 21 heavy (non-hydrogen) atoms. The van der Waals surface area contributed by atoms with E-state index in [1.54, 1.807) is 0 Å². The van der Waals surface area contributed by atoms with Gasteiger partial charge in [-0.05, 0) is 43.5 Å². The Morgan fingerprint density at radius 2 is 1.76 bits per heavy atom. The molecule has 3 N–H and O–H groups in total. The molecule has 0 atom stereocenters. The zero-order chi connectivity index (χ0) is 15.7. The smallest absolute Gasteiger partial charge is 0.324 e. The number of carbonyl (C=O) groups is 2. The van der Waals surface area contributed by atoms with Gasteiger partial charge in [-0.15, -0.1) is 0 Å². The standard InChI is InChI=1S/C13H16N2O5S/c1-9(16)14-10-3-5-11(6-4-10)21(19,20)15-13(12(17)18)7-2-8-13/h3-6,15H,2,7-8H2,1H3,(H,14,16)(H,17,18). The largest absolute Gasteiger partial charge is 0.480 e. The zero-order valence-corrected chi connectivity index (χ0v) is 12.2. The van der Waals surface area contributed by atoms with Crippen LogP contribution in [0.2, 0.25) is 0 Å². The average Bonchev–Trinajstić information content (AvgIpc) is 2.33. The number of aliphatic carboxylic acids is 1. The van der Waals surface area contributed by atoms with Gasteiger partial charge in [0.1, 0.15) is 5.54 Å². The molecule has 0 aliphatic heterocycles. The molecule has 7 nitrogen and oxygen atoms in total. The highest BCUT2D eigenvalue weighted by Crippen LogP contribution is 2.33. The van der Waals surface area contributed by atoms with Crippen LogP contribution >= 0.6 is 0 Å². The summed E-state index contributed by atoms with van der Waals surface area (Å²) in [4.78, 5) is 22.1. The Labute approximate surface area is 122 Å². The van der Waals surface area contributed by atoms with Crippen molar-refractivity contribution in [1.82, 2.24) is 4.72 Å². The first kappa shape index (κ1) is 15.5. The second-order valence-electron chi connectivity index (χ2n) is 5.05. The molecule has 0 unspecified atom stereocenters. The monoisotopic (exact) mass is 312 g/mol. The molecule has 0 spiro atoms. The van der Waals surface area contributed by atoms with Gasteiger partial charge in [0.15, 0.2) is 0 Å². The molecule has 0 heterocycles. The first-order chi connectivity index (χ1) is 9.75. The lowest BCUT2D eigenvalue weighted by molar-refractivity contribution is -0.147. The minimum atomic E-state index is -3.91. The summed E-state index contributed by atoms with van der Waals surface area (Å²) >= 11 is 0. The van der Waals surface area contributed by atoms with Crippen LogP contribution in [0.15, 0.2) is 29.2 Å². The van der Waals surface area contributed by atoms with Crippen LogP contribution in [0.5, 0.6) is 0 Å². The van der Waals surface area contributed by atoms with Crippen molar-refractivity contribution >= 4 is 27.6 Å². The van der Waals surface area contributed by atoms with Gasteiger partial charge >= 0.3 is 5.97 Å². The van der Waals surface area contributed by atoms with Crippen molar-refractivity contribution in [2.75, 3.05) is 5.32 Å². The number of sulfonamides is 1. The Hall–Kier alpha value is -1.93. The van der Waals surface area contributed by atoms with Gasteiger partial charge in [0.25, 0.3) is 0 Å². The lowest BCUT2D eigenvalue weighted by Gasteiger charge is -2.37. The lowest BCUT2D eigenvalue weighted by atomic mass is 9.78. The highest BCUT2D eigenvalue weighted by molar-refractivity contribution is 7.89. The van der Waals surface area contributed by atoms with Crippen LogP contribution in [0.25, 0.3) is 0 Å². The van der Waals surface area contributed by atoms with E-state index in [4.69, 9.17) is 5.11 Å². The fourth-order valence-corrected chi connectivity index (χ4v) is 3.54. The molecule has 1 aromatic rings. The van der Waals surface area contributed by atoms with Gasteiger partial charge in [-0.1, -0.05) is 0 Å². The highest BCUT2D eigenvalue weighted by atomic mass is 32.2. The van der Waals surface area contributed by atoms with Crippen molar-refractivity contribution in [3.05, 3.63) is 24.3 Å². The van der Waals surface area contributed by atoms with E-state index in [2.05, 4.69) is 10.0 Å². The lowest BCUT2D eigenvalue weighted by Crippen LogP contribution is -2.58. The summed E-state index contributed by atoms with van der Waals surface area (Å²) in [5.41, 5.74) is -0.923. The number of amides is 1. The van der Waals surface area contributed by atoms with E-state index in [0.717, 1.165) is 0 Å². The minimum absolute atomic E-state index is 0.0378. The molecular formula is C13H16N2O5S. The molecule has 0 radical (unpaired) electrons. The minimum Gasteiger partial charge on any atom is -0.480 e. The summed E-state index contributed by atoms with van der Waals surface area (Å²) in [7, 11) is -3.91. The van der Waals surface area contributed by atoms with Crippen LogP contribution in [-0.4, -0.2) is 30.9 Å². The number of benzene rings is 1. The quantitative estimate of drug-likeness (QED) is 0.748. The third kappa shape index (κ3) is 3.22. The van der Waals surface area contributed by atoms with Crippen LogP contribution in [0.3, 0.4) is 0 Å². The number of hydrogen-bond acceptors (Lipinski definition) is 4. The Kier molecular flexibility index (Phi) is 4.02. The summed E-state index contributed by atoms with van der Waals surface area (Å²) in [6.45, 7) is 1.35. The fraction of sp³-hybridized carbons (Fsp3) is 0.385. The molecule has 1 fully saturated rings. The third-order valence-corrected chi connectivity index (χ3v) is 4.98. The Balaban J connectivity index is 2.20. The van der Waals surface area contributed by atoms with Crippen molar-refractivity contribution in [3.8, 4) is 0 Å². The molecule has 1 saturated carbocycles. The number of rotatable bonds is 5. The second kappa shape index (κ2) is 5.45. The van der Waals surface area contributed by atoms with Crippen molar-refractivity contribution in [2.24, 2.45) is 0 Å². The van der Waals surface area contributed by atoms with Crippen molar-refractivity contribution in [1.29, 1.82) is 0 Å². The van der Waals surface area contributed by atoms with E-state index in [0.29, 0.717) is 12.1 Å². The summed E-state index contributed by atoms with van der Waals surface area (Å²) in [6.07, 6.45) is 1.24. The van der Waals surface area contributed by atoms with Crippen molar-refractivity contribution < 1.29 is 23.1 Å². The molecule has 8 heteroatoms.